The Morgan fingerprint density at radius 2 is 1.72 bits per heavy atom. The highest BCUT2D eigenvalue weighted by atomic mass is 33.5. The van der Waals surface area contributed by atoms with E-state index in [9.17, 15) is 0 Å². The van der Waals surface area contributed by atoms with Gasteiger partial charge in [-0.25, -0.2) is 4.98 Å². The fourth-order valence-corrected chi connectivity index (χ4v) is 11.4. The first-order valence-electron chi connectivity index (χ1n) is 8.38. The minimum Gasteiger partial charge on any atom is -0.374 e. The van der Waals surface area contributed by atoms with Gasteiger partial charge < -0.3 is 13.3 Å². The Bertz CT molecular complexity index is 593. The second-order valence-corrected chi connectivity index (χ2v) is 13.6. The molecule has 0 aliphatic carbocycles. The van der Waals surface area contributed by atoms with Crippen LogP contribution in [0.5, 0.6) is 0 Å². The van der Waals surface area contributed by atoms with Crippen LogP contribution in [0.4, 0.5) is 0 Å². The van der Waals surface area contributed by atoms with Crippen molar-refractivity contribution in [1.29, 1.82) is 0 Å². The van der Waals surface area contributed by atoms with Gasteiger partial charge in [0.2, 0.25) is 0 Å². The molecule has 1 unspecified atom stereocenters. The standard InChI is InChI=1S/C16H25NO3S4Si/c1-5-18-25(19-6-2,20-7-3)13(4)12-21-24-23-16-17-14-10-8-9-11-15(14)22-16/h8-11,13H,5-7,12H2,1-4H3. The molecule has 1 atom stereocenters. The van der Waals surface area contributed by atoms with Crippen LogP contribution in [-0.4, -0.2) is 39.4 Å². The van der Waals surface area contributed by atoms with E-state index in [2.05, 4.69) is 30.1 Å². The van der Waals surface area contributed by atoms with Gasteiger partial charge in [-0.2, -0.15) is 0 Å². The highest BCUT2D eigenvalue weighted by Crippen LogP contribution is 2.45. The lowest BCUT2D eigenvalue weighted by Crippen LogP contribution is -2.50. The van der Waals surface area contributed by atoms with Gasteiger partial charge in [0.1, 0.15) is 0 Å². The summed E-state index contributed by atoms with van der Waals surface area (Å²) in [4.78, 5) is 4.65. The SMILES string of the molecule is CCO[Si](OCC)(OCC)C(C)CSSSc1nc2ccccc2s1. The molecule has 140 valence electrons. The van der Waals surface area contributed by atoms with Crippen LogP contribution >= 0.6 is 42.8 Å². The predicted molar refractivity (Wildman–Crippen MR) is 116 cm³/mol. The van der Waals surface area contributed by atoms with Crippen LogP contribution in [0, 0.1) is 0 Å². The smallest absolute Gasteiger partial charge is 0.374 e. The summed E-state index contributed by atoms with van der Waals surface area (Å²) in [7, 11) is 2.68. The molecule has 2 aromatic rings. The van der Waals surface area contributed by atoms with Gasteiger partial charge in [-0.15, -0.1) is 11.3 Å². The predicted octanol–water partition coefficient (Wildman–Crippen LogP) is 6.12. The summed E-state index contributed by atoms with van der Waals surface area (Å²) in [6, 6.07) is 8.25. The van der Waals surface area contributed by atoms with Gasteiger partial charge in [-0.3, -0.25) is 0 Å². The molecule has 0 fully saturated rings. The summed E-state index contributed by atoms with van der Waals surface area (Å²) in [5.41, 5.74) is 1.32. The molecule has 0 aliphatic heterocycles. The highest BCUT2D eigenvalue weighted by Gasteiger charge is 2.46. The van der Waals surface area contributed by atoms with E-state index in [1.807, 2.05) is 37.6 Å². The summed E-state index contributed by atoms with van der Waals surface area (Å²) in [6.45, 7) is 10.0. The first kappa shape index (κ1) is 21.6. The van der Waals surface area contributed by atoms with Crippen molar-refractivity contribution < 1.29 is 13.3 Å². The van der Waals surface area contributed by atoms with Crippen molar-refractivity contribution in [1.82, 2.24) is 4.98 Å². The summed E-state index contributed by atoms with van der Waals surface area (Å²) >= 11 is 1.74. The van der Waals surface area contributed by atoms with Crippen molar-refractivity contribution >= 4 is 61.8 Å². The maximum absolute atomic E-state index is 5.98. The van der Waals surface area contributed by atoms with Gasteiger partial charge in [0, 0.05) is 31.1 Å². The maximum atomic E-state index is 5.98. The van der Waals surface area contributed by atoms with E-state index in [1.54, 1.807) is 32.0 Å². The topological polar surface area (TPSA) is 40.6 Å². The molecule has 0 saturated carbocycles. The zero-order chi connectivity index (χ0) is 18.1. The lowest BCUT2D eigenvalue weighted by atomic mass is 10.3. The highest BCUT2D eigenvalue weighted by molar-refractivity contribution is 9.09. The molecule has 0 N–H and O–H groups in total. The number of benzene rings is 1. The quantitative estimate of drug-likeness (QED) is 0.226. The molecule has 1 aromatic heterocycles. The van der Waals surface area contributed by atoms with Gasteiger partial charge in [0.05, 0.1) is 10.2 Å². The van der Waals surface area contributed by atoms with Crippen molar-refractivity contribution in [3.63, 3.8) is 0 Å². The minimum atomic E-state index is -2.61. The Hall–Kier alpha value is 0.257. The normalized spacial score (nSPS) is 13.4. The van der Waals surface area contributed by atoms with Crippen LogP contribution in [0.15, 0.2) is 28.6 Å². The van der Waals surface area contributed by atoms with Crippen molar-refractivity contribution in [3.05, 3.63) is 24.3 Å². The average Bonchev–Trinajstić information content (AvgIpc) is 3.02. The van der Waals surface area contributed by atoms with Crippen LogP contribution < -0.4 is 0 Å². The van der Waals surface area contributed by atoms with Crippen LogP contribution in [0.1, 0.15) is 27.7 Å². The van der Waals surface area contributed by atoms with Crippen LogP contribution in [0.2, 0.25) is 5.54 Å². The number of para-hydroxylation sites is 1. The molecule has 0 bridgehead atoms. The van der Waals surface area contributed by atoms with Gasteiger partial charge in [-0.05, 0) is 53.5 Å². The lowest BCUT2D eigenvalue weighted by molar-refractivity contribution is 0.0646. The number of thiazole rings is 1. The third-order valence-corrected chi connectivity index (χ3v) is 12.7. The maximum Gasteiger partial charge on any atom is 0.504 e. The molecule has 2 rings (SSSR count). The summed E-state index contributed by atoms with van der Waals surface area (Å²) in [6.07, 6.45) is 0. The van der Waals surface area contributed by atoms with Crippen molar-refractivity contribution in [2.45, 2.75) is 37.6 Å². The fraction of sp³-hybridized carbons (Fsp3) is 0.562. The minimum absolute atomic E-state index is 0.251. The molecule has 1 aromatic carbocycles. The second-order valence-electron chi connectivity index (χ2n) is 5.19. The summed E-state index contributed by atoms with van der Waals surface area (Å²) in [5.74, 6) is 0.925. The molecule has 0 radical (unpaired) electrons. The Balaban J connectivity index is 1.85. The monoisotopic (exact) mass is 435 g/mol. The summed E-state index contributed by atoms with van der Waals surface area (Å²) < 4.78 is 20.3. The molecule has 0 aliphatic rings. The van der Waals surface area contributed by atoms with E-state index in [-0.39, 0.29) is 5.54 Å². The van der Waals surface area contributed by atoms with Crippen molar-refractivity contribution in [3.8, 4) is 0 Å². The fourth-order valence-electron chi connectivity index (χ4n) is 2.33. The molecule has 4 nitrogen and oxygen atoms in total. The van der Waals surface area contributed by atoms with Crippen LogP contribution in [0.3, 0.4) is 0 Å². The molecular formula is C16H25NO3S4Si. The molecular weight excluding hydrogens is 411 g/mol. The van der Waals surface area contributed by atoms with E-state index in [4.69, 9.17) is 13.3 Å². The van der Waals surface area contributed by atoms with Crippen molar-refractivity contribution in [2.75, 3.05) is 25.6 Å². The van der Waals surface area contributed by atoms with Gasteiger partial charge in [-0.1, -0.05) is 29.9 Å². The van der Waals surface area contributed by atoms with Crippen LogP contribution in [0.25, 0.3) is 10.2 Å². The van der Waals surface area contributed by atoms with E-state index in [1.165, 1.54) is 4.70 Å². The van der Waals surface area contributed by atoms with E-state index < -0.39 is 8.80 Å². The number of aromatic nitrogens is 1. The van der Waals surface area contributed by atoms with Gasteiger partial charge in [0.25, 0.3) is 0 Å². The number of hydrogen-bond acceptors (Lipinski definition) is 8. The first-order valence-corrected chi connectivity index (χ1v) is 14.7. The molecule has 1 heterocycles. The van der Waals surface area contributed by atoms with Gasteiger partial charge in [0.15, 0.2) is 4.34 Å². The number of hydrogen-bond donors (Lipinski definition) is 0. The van der Waals surface area contributed by atoms with Crippen molar-refractivity contribution in [2.24, 2.45) is 0 Å². The number of nitrogens with zero attached hydrogens (tertiary/aromatic N) is 1. The average molecular weight is 436 g/mol. The third-order valence-electron chi connectivity index (χ3n) is 3.39. The van der Waals surface area contributed by atoms with Gasteiger partial charge >= 0.3 is 8.80 Å². The Labute approximate surface area is 167 Å². The van der Waals surface area contributed by atoms with Crippen LogP contribution in [-0.2, 0) is 13.3 Å². The number of rotatable bonds is 12. The lowest BCUT2D eigenvalue weighted by Gasteiger charge is -2.33. The van der Waals surface area contributed by atoms with E-state index in [0.717, 1.165) is 15.6 Å². The van der Waals surface area contributed by atoms with E-state index >= 15 is 0 Å². The Morgan fingerprint density at radius 3 is 2.32 bits per heavy atom. The summed E-state index contributed by atoms with van der Waals surface area (Å²) in [5, 5.41) is 0. The zero-order valence-electron chi connectivity index (χ0n) is 15.0. The second kappa shape index (κ2) is 11.2. The zero-order valence-corrected chi connectivity index (χ0v) is 19.3. The molecule has 0 amide bonds. The van der Waals surface area contributed by atoms with E-state index in [0.29, 0.717) is 19.8 Å². The molecule has 0 saturated heterocycles. The Kier molecular flexibility index (Phi) is 9.64. The first-order chi connectivity index (χ1) is 12.1. The molecule has 25 heavy (non-hydrogen) atoms. The number of fused-ring (bicyclic) bond motifs is 1. The molecule has 0 spiro atoms. The largest absolute Gasteiger partial charge is 0.504 e. The molecule has 9 heteroatoms. The third kappa shape index (κ3) is 6.13. The Morgan fingerprint density at radius 1 is 1.08 bits per heavy atom.